The monoisotopic (exact) mass is 293 g/mol. The average Bonchev–Trinajstić information content (AvgIpc) is 3.08. The summed E-state index contributed by atoms with van der Waals surface area (Å²) >= 11 is 0. The average molecular weight is 293 g/mol. The first-order valence-corrected chi connectivity index (χ1v) is 7.86. The van der Waals surface area contributed by atoms with E-state index >= 15 is 0 Å². The molecule has 116 valence electrons. The molecule has 0 radical (unpaired) electrons. The lowest BCUT2D eigenvalue weighted by Crippen LogP contribution is -2.42. The molecule has 2 fully saturated rings. The summed E-state index contributed by atoms with van der Waals surface area (Å²) in [7, 11) is 0. The van der Waals surface area contributed by atoms with E-state index in [-0.39, 0.29) is 18.2 Å². The maximum absolute atomic E-state index is 12.4. The molecule has 1 aliphatic heterocycles. The topological polar surface area (TPSA) is 79.5 Å². The van der Waals surface area contributed by atoms with Gasteiger partial charge in [-0.15, -0.1) is 0 Å². The zero-order chi connectivity index (χ0) is 14.9. The normalized spacial score (nSPS) is 25.2. The first kappa shape index (κ1) is 14.5. The van der Waals surface area contributed by atoms with E-state index in [0.717, 1.165) is 45.1 Å². The van der Waals surface area contributed by atoms with Crippen LogP contribution in [0.2, 0.25) is 0 Å². The number of aromatic nitrogens is 2. The zero-order valence-corrected chi connectivity index (χ0v) is 12.5. The van der Waals surface area contributed by atoms with Gasteiger partial charge >= 0.3 is 0 Å². The van der Waals surface area contributed by atoms with Crippen LogP contribution in [0.25, 0.3) is 0 Å². The molecule has 6 heteroatoms. The second kappa shape index (κ2) is 5.75. The summed E-state index contributed by atoms with van der Waals surface area (Å²) in [5.74, 6) is 1.45. The van der Waals surface area contributed by atoms with E-state index in [2.05, 4.69) is 10.1 Å². The van der Waals surface area contributed by atoms with Crippen LogP contribution in [-0.2, 0) is 4.79 Å². The van der Waals surface area contributed by atoms with Crippen molar-refractivity contribution < 1.29 is 14.4 Å². The summed E-state index contributed by atoms with van der Waals surface area (Å²) < 4.78 is 5.24. The smallest absolute Gasteiger partial charge is 0.231 e. The Kier molecular flexibility index (Phi) is 3.97. The minimum absolute atomic E-state index is 0.0559. The second-order valence-electron chi connectivity index (χ2n) is 6.47. The van der Waals surface area contributed by atoms with Crippen molar-refractivity contribution in [2.24, 2.45) is 0 Å². The Bertz CT molecular complexity index is 508. The third-order valence-corrected chi connectivity index (χ3v) is 4.68. The van der Waals surface area contributed by atoms with E-state index in [4.69, 9.17) is 4.52 Å². The molecule has 1 saturated heterocycles. The van der Waals surface area contributed by atoms with Gasteiger partial charge < -0.3 is 14.5 Å². The van der Waals surface area contributed by atoms with Crippen LogP contribution in [-0.4, -0.2) is 44.7 Å². The number of piperidine rings is 1. The highest BCUT2D eigenvalue weighted by Gasteiger charge is 2.36. The van der Waals surface area contributed by atoms with Crippen LogP contribution in [0, 0.1) is 6.92 Å². The molecule has 1 aromatic rings. The molecule has 1 aromatic heterocycles. The molecule has 1 N–H and O–H groups in total. The molecule has 2 aliphatic rings. The summed E-state index contributed by atoms with van der Waals surface area (Å²) in [4.78, 5) is 18.6. The first-order chi connectivity index (χ1) is 10.1. The molecule has 1 aliphatic carbocycles. The summed E-state index contributed by atoms with van der Waals surface area (Å²) in [5, 5.41) is 14.2. The summed E-state index contributed by atoms with van der Waals surface area (Å²) in [6, 6.07) is 0. The van der Waals surface area contributed by atoms with Crippen molar-refractivity contribution in [3.63, 3.8) is 0 Å². The van der Waals surface area contributed by atoms with Crippen molar-refractivity contribution >= 4 is 5.91 Å². The maximum atomic E-state index is 12.4. The molecule has 0 bridgehead atoms. The number of aryl methyl sites for hydroxylation is 1. The fourth-order valence-corrected chi connectivity index (χ4v) is 3.49. The quantitative estimate of drug-likeness (QED) is 0.919. The molecule has 0 aromatic carbocycles. The van der Waals surface area contributed by atoms with Gasteiger partial charge in [-0.05, 0) is 32.6 Å². The Morgan fingerprint density at radius 2 is 2.19 bits per heavy atom. The molecule has 1 atom stereocenters. The highest BCUT2D eigenvalue weighted by molar-refractivity contribution is 5.77. The van der Waals surface area contributed by atoms with Crippen molar-refractivity contribution in [1.29, 1.82) is 0 Å². The molecule has 1 saturated carbocycles. The number of amides is 1. The van der Waals surface area contributed by atoms with Gasteiger partial charge in [0.25, 0.3) is 0 Å². The van der Waals surface area contributed by atoms with E-state index in [1.807, 2.05) is 4.90 Å². The van der Waals surface area contributed by atoms with Crippen molar-refractivity contribution in [1.82, 2.24) is 15.0 Å². The van der Waals surface area contributed by atoms with Gasteiger partial charge in [0.15, 0.2) is 5.82 Å². The lowest BCUT2D eigenvalue weighted by atomic mass is 9.94. The Hall–Kier alpha value is -1.43. The standard InChI is InChI=1S/C15H23N3O3/c1-11-16-14(21-17-11)12-5-4-8-18(10-12)13(19)9-15(20)6-2-3-7-15/h12,20H,2-10H2,1H3. The minimum Gasteiger partial charge on any atom is -0.389 e. The molecular weight excluding hydrogens is 270 g/mol. The van der Waals surface area contributed by atoms with Gasteiger partial charge in [0.05, 0.1) is 17.9 Å². The van der Waals surface area contributed by atoms with Crippen molar-refractivity contribution in [3.8, 4) is 0 Å². The number of hydrogen-bond donors (Lipinski definition) is 1. The molecular formula is C15H23N3O3. The SMILES string of the molecule is Cc1noc(C2CCCN(C(=O)CC3(O)CCCC3)C2)n1. The Morgan fingerprint density at radius 3 is 2.86 bits per heavy atom. The van der Waals surface area contributed by atoms with Crippen LogP contribution in [0.1, 0.15) is 62.6 Å². The summed E-state index contributed by atoms with van der Waals surface area (Å²) in [6.07, 6.45) is 5.70. The number of hydrogen-bond acceptors (Lipinski definition) is 5. The van der Waals surface area contributed by atoms with Gasteiger partial charge in [0.2, 0.25) is 11.8 Å². The van der Waals surface area contributed by atoms with E-state index in [0.29, 0.717) is 18.3 Å². The van der Waals surface area contributed by atoms with Crippen LogP contribution in [0.5, 0.6) is 0 Å². The van der Waals surface area contributed by atoms with Crippen LogP contribution in [0.4, 0.5) is 0 Å². The van der Waals surface area contributed by atoms with E-state index < -0.39 is 5.60 Å². The number of likely N-dealkylation sites (tertiary alicyclic amines) is 1. The van der Waals surface area contributed by atoms with Gasteiger partial charge in [-0.25, -0.2) is 0 Å². The number of rotatable bonds is 3. The van der Waals surface area contributed by atoms with Gasteiger partial charge in [0.1, 0.15) is 0 Å². The van der Waals surface area contributed by atoms with E-state index in [1.54, 1.807) is 6.92 Å². The molecule has 0 spiro atoms. The first-order valence-electron chi connectivity index (χ1n) is 7.86. The fourth-order valence-electron chi connectivity index (χ4n) is 3.49. The number of aliphatic hydroxyl groups is 1. The number of carbonyl (C=O) groups excluding carboxylic acids is 1. The lowest BCUT2D eigenvalue weighted by molar-refractivity contribution is -0.137. The Balaban J connectivity index is 1.61. The summed E-state index contributed by atoms with van der Waals surface area (Å²) in [6.45, 7) is 3.18. The maximum Gasteiger partial charge on any atom is 0.231 e. The van der Waals surface area contributed by atoms with Crippen LogP contribution < -0.4 is 0 Å². The van der Waals surface area contributed by atoms with Gasteiger partial charge in [0, 0.05) is 13.1 Å². The second-order valence-corrected chi connectivity index (χ2v) is 6.47. The largest absolute Gasteiger partial charge is 0.389 e. The molecule has 1 unspecified atom stereocenters. The van der Waals surface area contributed by atoms with E-state index in [9.17, 15) is 9.90 Å². The molecule has 2 heterocycles. The van der Waals surface area contributed by atoms with Crippen molar-refractivity contribution in [2.45, 2.75) is 63.4 Å². The van der Waals surface area contributed by atoms with Crippen LogP contribution >= 0.6 is 0 Å². The predicted molar refractivity (Wildman–Crippen MR) is 75.6 cm³/mol. The summed E-state index contributed by atoms with van der Waals surface area (Å²) in [5.41, 5.74) is -0.773. The minimum atomic E-state index is -0.773. The predicted octanol–water partition coefficient (Wildman–Crippen LogP) is 1.78. The third kappa shape index (κ3) is 3.26. The number of carbonyl (C=O) groups is 1. The molecule has 6 nitrogen and oxygen atoms in total. The van der Waals surface area contributed by atoms with Crippen molar-refractivity contribution in [3.05, 3.63) is 11.7 Å². The van der Waals surface area contributed by atoms with Gasteiger partial charge in [-0.1, -0.05) is 18.0 Å². The number of nitrogens with zero attached hydrogens (tertiary/aromatic N) is 3. The van der Waals surface area contributed by atoms with Crippen molar-refractivity contribution in [2.75, 3.05) is 13.1 Å². The van der Waals surface area contributed by atoms with E-state index in [1.165, 1.54) is 0 Å². The molecule has 1 amide bonds. The Morgan fingerprint density at radius 1 is 1.43 bits per heavy atom. The van der Waals surface area contributed by atoms with Gasteiger partial charge in [-0.3, -0.25) is 4.79 Å². The fraction of sp³-hybridized carbons (Fsp3) is 0.800. The van der Waals surface area contributed by atoms with Crippen LogP contribution in [0.15, 0.2) is 4.52 Å². The lowest BCUT2D eigenvalue weighted by Gasteiger charge is -2.33. The zero-order valence-electron chi connectivity index (χ0n) is 12.5. The third-order valence-electron chi connectivity index (χ3n) is 4.68. The highest BCUT2D eigenvalue weighted by atomic mass is 16.5. The molecule has 21 heavy (non-hydrogen) atoms. The highest BCUT2D eigenvalue weighted by Crippen LogP contribution is 2.34. The Labute approximate surface area is 124 Å². The van der Waals surface area contributed by atoms with Crippen LogP contribution in [0.3, 0.4) is 0 Å². The molecule has 3 rings (SSSR count). The van der Waals surface area contributed by atoms with Gasteiger partial charge in [-0.2, -0.15) is 4.98 Å².